The number of piperazine rings is 1. The first-order chi connectivity index (χ1) is 16.0. The minimum Gasteiger partial charge on any atom is -0.379 e. The Labute approximate surface area is 204 Å². The zero-order valence-electron chi connectivity index (χ0n) is 22.2. The van der Waals surface area contributed by atoms with E-state index < -0.39 is 0 Å². The third-order valence-electron chi connectivity index (χ3n) is 7.07. The number of anilines is 1. The number of benzene rings is 1. The summed E-state index contributed by atoms with van der Waals surface area (Å²) < 4.78 is 11.4. The van der Waals surface area contributed by atoms with Gasteiger partial charge in [0.15, 0.2) is 0 Å². The van der Waals surface area contributed by atoms with E-state index in [9.17, 15) is 0 Å². The number of hydrogen-bond acceptors (Lipinski definition) is 5. The van der Waals surface area contributed by atoms with E-state index in [1.807, 2.05) is 0 Å². The second-order valence-corrected chi connectivity index (χ2v) is 9.95. The van der Waals surface area contributed by atoms with Gasteiger partial charge in [-0.05, 0) is 56.8 Å². The first kappa shape index (κ1) is 28.1. The summed E-state index contributed by atoms with van der Waals surface area (Å²) >= 11 is 0. The number of likely N-dealkylation sites (N-methyl/N-ethyl adjacent to an activating group) is 1. The fourth-order valence-electron chi connectivity index (χ4n) is 4.50. The van der Waals surface area contributed by atoms with Crippen molar-refractivity contribution in [2.75, 3.05) is 71.1 Å². The fourth-order valence-corrected chi connectivity index (χ4v) is 4.50. The van der Waals surface area contributed by atoms with Crippen molar-refractivity contribution in [2.24, 2.45) is 5.92 Å². The molecule has 2 atom stereocenters. The van der Waals surface area contributed by atoms with Crippen molar-refractivity contribution in [3.8, 4) is 0 Å². The molecule has 0 amide bonds. The first-order valence-corrected chi connectivity index (χ1v) is 13.4. The van der Waals surface area contributed by atoms with Crippen LogP contribution in [0.15, 0.2) is 24.3 Å². The Morgan fingerprint density at radius 2 is 1.55 bits per heavy atom. The third-order valence-corrected chi connectivity index (χ3v) is 7.07. The van der Waals surface area contributed by atoms with Crippen LogP contribution in [-0.2, 0) is 16.0 Å². The highest BCUT2D eigenvalue weighted by molar-refractivity contribution is 5.48. The predicted octanol–water partition coefficient (Wildman–Crippen LogP) is 5.29. The molecule has 1 aromatic rings. The largest absolute Gasteiger partial charge is 0.379 e. The zero-order chi connectivity index (χ0) is 23.9. The van der Waals surface area contributed by atoms with Crippen molar-refractivity contribution in [1.82, 2.24) is 9.80 Å². The molecule has 1 heterocycles. The summed E-state index contributed by atoms with van der Waals surface area (Å²) in [5.41, 5.74) is 2.72. The molecule has 0 bridgehead atoms. The molecule has 1 aliphatic rings. The van der Waals surface area contributed by atoms with Crippen LogP contribution in [0.2, 0.25) is 0 Å². The number of nitrogens with zero attached hydrogens (tertiary/aromatic N) is 3. The molecule has 5 heteroatoms. The molecule has 0 N–H and O–H groups in total. The van der Waals surface area contributed by atoms with Gasteiger partial charge in [0.1, 0.15) is 0 Å². The van der Waals surface area contributed by atoms with Gasteiger partial charge in [-0.1, -0.05) is 45.7 Å². The van der Waals surface area contributed by atoms with E-state index in [1.54, 1.807) is 0 Å². The van der Waals surface area contributed by atoms with Gasteiger partial charge in [-0.3, -0.25) is 9.80 Å². The van der Waals surface area contributed by atoms with Gasteiger partial charge in [-0.2, -0.15) is 0 Å². The molecule has 1 fully saturated rings. The molecule has 1 aliphatic heterocycles. The minimum absolute atomic E-state index is 0.691. The van der Waals surface area contributed by atoms with Crippen LogP contribution in [0.1, 0.15) is 65.4 Å². The van der Waals surface area contributed by atoms with Gasteiger partial charge in [-0.15, -0.1) is 0 Å². The van der Waals surface area contributed by atoms with Crippen molar-refractivity contribution < 1.29 is 9.47 Å². The monoisotopic (exact) mass is 461 g/mol. The lowest BCUT2D eigenvalue weighted by Gasteiger charge is -2.39. The first-order valence-electron chi connectivity index (χ1n) is 13.4. The maximum atomic E-state index is 5.75. The summed E-state index contributed by atoms with van der Waals surface area (Å²) in [4.78, 5) is 7.50. The van der Waals surface area contributed by atoms with Gasteiger partial charge >= 0.3 is 0 Å². The van der Waals surface area contributed by atoms with E-state index in [0.29, 0.717) is 19.3 Å². The van der Waals surface area contributed by atoms with Gasteiger partial charge < -0.3 is 14.4 Å². The molecule has 5 nitrogen and oxygen atoms in total. The van der Waals surface area contributed by atoms with Gasteiger partial charge in [0, 0.05) is 57.6 Å². The molecule has 190 valence electrons. The predicted molar refractivity (Wildman–Crippen MR) is 141 cm³/mol. The average molecular weight is 462 g/mol. The van der Waals surface area contributed by atoms with Crippen LogP contribution in [0, 0.1) is 5.92 Å². The highest BCUT2D eigenvalue weighted by atomic mass is 16.5. The summed E-state index contributed by atoms with van der Waals surface area (Å²) in [5, 5.41) is 0. The molecule has 0 saturated carbocycles. The Morgan fingerprint density at radius 3 is 2.18 bits per heavy atom. The van der Waals surface area contributed by atoms with Crippen LogP contribution in [0.5, 0.6) is 0 Å². The molecule has 0 spiro atoms. The Kier molecular flexibility index (Phi) is 14.0. The van der Waals surface area contributed by atoms with Gasteiger partial charge in [0.05, 0.1) is 19.8 Å². The van der Waals surface area contributed by atoms with Crippen molar-refractivity contribution in [3.05, 3.63) is 29.8 Å². The summed E-state index contributed by atoms with van der Waals surface area (Å²) in [5.74, 6) is 0.812. The molecule has 1 saturated heterocycles. The SMILES string of the molecule is CCCC(C)N1CCN(c2ccc(CN(C)CCOCCOCCCC(C)CC)cc2)CC1. The molecule has 0 radical (unpaired) electrons. The maximum absolute atomic E-state index is 5.75. The highest BCUT2D eigenvalue weighted by Gasteiger charge is 2.20. The second-order valence-electron chi connectivity index (χ2n) is 9.95. The van der Waals surface area contributed by atoms with Gasteiger partial charge in [-0.25, -0.2) is 0 Å². The van der Waals surface area contributed by atoms with Crippen LogP contribution >= 0.6 is 0 Å². The van der Waals surface area contributed by atoms with Crippen LogP contribution in [-0.4, -0.2) is 82.0 Å². The summed E-state index contributed by atoms with van der Waals surface area (Å²) in [6.45, 7) is 18.7. The van der Waals surface area contributed by atoms with Gasteiger partial charge in [0.2, 0.25) is 0 Å². The van der Waals surface area contributed by atoms with Gasteiger partial charge in [0.25, 0.3) is 0 Å². The van der Waals surface area contributed by atoms with E-state index in [-0.39, 0.29) is 0 Å². The fraction of sp³-hybridized carbons (Fsp3) is 0.786. The summed E-state index contributed by atoms with van der Waals surface area (Å²) in [7, 11) is 2.17. The lowest BCUT2D eigenvalue weighted by Crippen LogP contribution is -2.49. The van der Waals surface area contributed by atoms with Crippen LogP contribution < -0.4 is 4.90 Å². The smallest absolute Gasteiger partial charge is 0.0701 e. The molecule has 2 rings (SSSR count). The van der Waals surface area contributed by atoms with E-state index in [2.05, 4.69) is 73.7 Å². The number of rotatable bonds is 17. The summed E-state index contributed by atoms with van der Waals surface area (Å²) in [6.07, 6.45) is 6.26. The molecular weight excluding hydrogens is 410 g/mol. The van der Waals surface area contributed by atoms with Crippen LogP contribution in [0.4, 0.5) is 5.69 Å². The van der Waals surface area contributed by atoms with E-state index >= 15 is 0 Å². The molecule has 0 aliphatic carbocycles. The van der Waals surface area contributed by atoms with Crippen molar-refractivity contribution >= 4 is 5.69 Å². The Hall–Kier alpha value is -1.14. The quantitative estimate of drug-likeness (QED) is 0.294. The number of ether oxygens (including phenoxy) is 2. The Balaban J connectivity index is 1.55. The number of hydrogen-bond donors (Lipinski definition) is 0. The van der Waals surface area contributed by atoms with Crippen molar-refractivity contribution in [2.45, 2.75) is 72.4 Å². The van der Waals surface area contributed by atoms with Crippen LogP contribution in [0.3, 0.4) is 0 Å². The molecule has 0 aromatic heterocycles. The molecule has 33 heavy (non-hydrogen) atoms. The minimum atomic E-state index is 0.691. The maximum Gasteiger partial charge on any atom is 0.0701 e. The zero-order valence-corrected chi connectivity index (χ0v) is 22.2. The average Bonchev–Trinajstić information content (AvgIpc) is 2.83. The molecular formula is C28H51N3O2. The normalized spacial score (nSPS) is 17.0. The highest BCUT2D eigenvalue weighted by Crippen LogP contribution is 2.19. The second kappa shape index (κ2) is 16.5. The van der Waals surface area contributed by atoms with E-state index in [1.165, 1.54) is 50.0 Å². The standard InChI is InChI=1S/C28H51N3O2/c1-6-9-26(4)30-15-17-31(18-16-30)28-13-11-27(12-14-28)24-29(5)19-21-33-23-22-32-20-8-10-25(3)7-2/h11-14,25-26H,6-10,15-24H2,1-5H3. The Bertz CT molecular complexity index is 602. The van der Waals surface area contributed by atoms with Crippen LogP contribution in [0.25, 0.3) is 0 Å². The molecule has 1 aromatic carbocycles. The van der Waals surface area contributed by atoms with Crippen molar-refractivity contribution in [1.29, 1.82) is 0 Å². The van der Waals surface area contributed by atoms with Crippen molar-refractivity contribution in [3.63, 3.8) is 0 Å². The lowest BCUT2D eigenvalue weighted by atomic mass is 10.0. The van der Waals surface area contributed by atoms with E-state index in [4.69, 9.17) is 9.47 Å². The summed E-state index contributed by atoms with van der Waals surface area (Å²) in [6, 6.07) is 9.87. The molecule has 2 unspecified atom stereocenters. The lowest BCUT2D eigenvalue weighted by molar-refractivity contribution is 0.0384. The Morgan fingerprint density at radius 1 is 0.879 bits per heavy atom. The third kappa shape index (κ3) is 11.2. The topological polar surface area (TPSA) is 28.2 Å². The van der Waals surface area contributed by atoms with E-state index in [0.717, 1.165) is 51.7 Å².